The Labute approximate surface area is 105 Å². The van der Waals surface area contributed by atoms with Crippen LogP contribution in [0.25, 0.3) is 0 Å². The first kappa shape index (κ1) is 12.5. The molecule has 0 amide bonds. The van der Waals surface area contributed by atoms with E-state index in [1.54, 1.807) is 0 Å². The molecule has 0 N–H and O–H groups in total. The zero-order valence-corrected chi connectivity index (χ0v) is 11.3. The Morgan fingerprint density at radius 3 is 2.47 bits per heavy atom. The molecule has 1 aliphatic rings. The molecule has 94 valence electrons. The molecule has 1 nitrogen and oxygen atoms in total. The van der Waals surface area contributed by atoms with E-state index in [4.69, 9.17) is 4.74 Å². The highest BCUT2D eigenvalue weighted by Gasteiger charge is 2.22. The van der Waals surface area contributed by atoms with Crippen LogP contribution >= 0.6 is 0 Å². The van der Waals surface area contributed by atoms with E-state index in [2.05, 4.69) is 39.0 Å². The Morgan fingerprint density at radius 2 is 1.82 bits per heavy atom. The lowest BCUT2D eigenvalue weighted by Gasteiger charge is -2.29. The maximum absolute atomic E-state index is 6.15. The minimum Gasteiger partial charge on any atom is -0.490 e. The van der Waals surface area contributed by atoms with E-state index < -0.39 is 0 Å². The van der Waals surface area contributed by atoms with Crippen LogP contribution in [0.1, 0.15) is 50.2 Å². The monoisotopic (exact) mass is 232 g/mol. The largest absolute Gasteiger partial charge is 0.490 e. The molecule has 17 heavy (non-hydrogen) atoms. The Morgan fingerprint density at radius 1 is 1.12 bits per heavy atom. The molecule has 1 aromatic rings. The minimum atomic E-state index is 0.440. The summed E-state index contributed by atoms with van der Waals surface area (Å²) in [5.74, 6) is 1.93. The topological polar surface area (TPSA) is 9.23 Å². The van der Waals surface area contributed by atoms with E-state index >= 15 is 0 Å². The summed E-state index contributed by atoms with van der Waals surface area (Å²) in [6.07, 6.45) is 6.92. The van der Waals surface area contributed by atoms with E-state index in [0.717, 1.165) is 11.7 Å². The summed E-state index contributed by atoms with van der Waals surface area (Å²) in [7, 11) is 0. The zero-order valence-electron chi connectivity index (χ0n) is 11.3. The standard InChI is InChI=1S/C16H24O/c1-4-14-6-5-7-15(11-14)17-16-9-12(2)8-13(3)10-16/h8-10,14-15H,4-7,11H2,1-3H3. The molecule has 2 rings (SSSR count). The summed E-state index contributed by atoms with van der Waals surface area (Å²) in [6.45, 7) is 6.56. The van der Waals surface area contributed by atoms with Gasteiger partial charge in [-0.25, -0.2) is 0 Å². The van der Waals surface area contributed by atoms with Crippen molar-refractivity contribution in [2.24, 2.45) is 5.92 Å². The molecule has 0 aromatic heterocycles. The molecule has 1 aromatic carbocycles. The smallest absolute Gasteiger partial charge is 0.120 e. The maximum atomic E-state index is 6.15. The van der Waals surface area contributed by atoms with Crippen molar-refractivity contribution in [1.82, 2.24) is 0 Å². The van der Waals surface area contributed by atoms with Gasteiger partial charge in [0.05, 0.1) is 6.10 Å². The van der Waals surface area contributed by atoms with Crippen molar-refractivity contribution in [3.05, 3.63) is 29.3 Å². The summed E-state index contributed by atoms with van der Waals surface area (Å²) in [4.78, 5) is 0. The van der Waals surface area contributed by atoms with E-state index in [9.17, 15) is 0 Å². The molecule has 0 aliphatic heterocycles. The number of rotatable bonds is 3. The fourth-order valence-electron chi connectivity index (χ4n) is 2.91. The fourth-order valence-corrected chi connectivity index (χ4v) is 2.91. The summed E-state index contributed by atoms with van der Waals surface area (Å²) in [6, 6.07) is 6.51. The average Bonchev–Trinajstić information content (AvgIpc) is 2.28. The number of benzene rings is 1. The molecule has 0 heterocycles. The predicted molar refractivity (Wildman–Crippen MR) is 72.6 cm³/mol. The van der Waals surface area contributed by atoms with Crippen LogP contribution in [0.5, 0.6) is 5.75 Å². The van der Waals surface area contributed by atoms with E-state index in [0.29, 0.717) is 6.10 Å². The van der Waals surface area contributed by atoms with Gasteiger partial charge in [-0.05, 0) is 62.3 Å². The molecule has 0 bridgehead atoms. The first-order chi connectivity index (χ1) is 8.17. The summed E-state index contributed by atoms with van der Waals surface area (Å²) >= 11 is 0. The fraction of sp³-hybridized carbons (Fsp3) is 0.625. The van der Waals surface area contributed by atoms with Crippen molar-refractivity contribution in [3.63, 3.8) is 0 Å². The van der Waals surface area contributed by atoms with Crippen LogP contribution in [0.4, 0.5) is 0 Å². The summed E-state index contributed by atoms with van der Waals surface area (Å²) < 4.78 is 6.15. The third-order valence-electron chi connectivity index (χ3n) is 3.81. The molecule has 0 radical (unpaired) electrons. The second-order valence-electron chi connectivity index (χ2n) is 5.50. The number of hydrogen-bond acceptors (Lipinski definition) is 1. The van der Waals surface area contributed by atoms with Gasteiger partial charge in [0.25, 0.3) is 0 Å². The van der Waals surface area contributed by atoms with Crippen molar-refractivity contribution >= 4 is 0 Å². The number of hydrogen-bond donors (Lipinski definition) is 0. The normalized spacial score (nSPS) is 24.6. The van der Waals surface area contributed by atoms with Crippen LogP contribution < -0.4 is 4.74 Å². The van der Waals surface area contributed by atoms with E-state index in [1.807, 2.05) is 0 Å². The van der Waals surface area contributed by atoms with Crippen molar-refractivity contribution in [3.8, 4) is 5.75 Å². The summed E-state index contributed by atoms with van der Waals surface area (Å²) in [5, 5.41) is 0. The molecule has 0 spiro atoms. The molecule has 2 atom stereocenters. The van der Waals surface area contributed by atoms with Gasteiger partial charge in [0.2, 0.25) is 0 Å². The van der Waals surface area contributed by atoms with Crippen LogP contribution in [0.15, 0.2) is 18.2 Å². The highest BCUT2D eigenvalue weighted by molar-refractivity contribution is 5.33. The lowest BCUT2D eigenvalue weighted by Crippen LogP contribution is -2.25. The Hall–Kier alpha value is -0.980. The van der Waals surface area contributed by atoms with Gasteiger partial charge in [-0.3, -0.25) is 0 Å². The lowest BCUT2D eigenvalue weighted by molar-refractivity contribution is 0.122. The number of aryl methyl sites for hydroxylation is 2. The summed E-state index contributed by atoms with van der Waals surface area (Å²) in [5.41, 5.74) is 2.59. The van der Waals surface area contributed by atoms with Crippen LogP contribution in [0.3, 0.4) is 0 Å². The highest BCUT2D eigenvalue weighted by atomic mass is 16.5. The molecular weight excluding hydrogens is 208 g/mol. The van der Waals surface area contributed by atoms with Gasteiger partial charge in [0, 0.05) is 0 Å². The van der Waals surface area contributed by atoms with Gasteiger partial charge in [-0.15, -0.1) is 0 Å². The van der Waals surface area contributed by atoms with Gasteiger partial charge in [-0.2, -0.15) is 0 Å². The maximum Gasteiger partial charge on any atom is 0.120 e. The van der Waals surface area contributed by atoms with Crippen LogP contribution in [-0.4, -0.2) is 6.10 Å². The van der Waals surface area contributed by atoms with Gasteiger partial charge in [0.1, 0.15) is 5.75 Å². The molecule has 1 fully saturated rings. The van der Waals surface area contributed by atoms with Crippen LogP contribution in [-0.2, 0) is 0 Å². The third-order valence-corrected chi connectivity index (χ3v) is 3.81. The highest BCUT2D eigenvalue weighted by Crippen LogP contribution is 2.30. The second-order valence-corrected chi connectivity index (χ2v) is 5.50. The van der Waals surface area contributed by atoms with Gasteiger partial charge in [0.15, 0.2) is 0 Å². The molecule has 1 heteroatoms. The van der Waals surface area contributed by atoms with Crippen molar-refractivity contribution < 1.29 is 4.74 Å². The first-order valence-electron chi connectivity index (χ1n) is 6.92. The molecule has 1 aliphatic carbocycles. The first-order valence-corrected chi connectivity index (χ1v) is 6.92. The molecule has 2 unspecified atom stereocenters. The third kappa shape index (κ3) is 3.49. The van der Waals surface area contributed by atoms with Crippen LogP contribution in [0.2, 0.25) is 0 Å². The molecule has 0 saturated heterocycles. The molecular formula is C16H24O. The van der Waals surface area contributed by atoms with Gasteiger partial charge in [-0.1, -0.05) is 25.8 Å². The van der Waals surface area contributed by atoms with Crippen molar-refractivity contribution in [1.29, 1.82) is 0 Å². The average molecular weight is 232 g/mol. The second kappa shape index (κ2) is 5.57. The Kier molecular flexibility index (Phi) is 4.09. The number of ether oxygens (including phenoxy) is 1. The van der Waals surface area contributed by atoms with Gasteiger partial charge >= 0.3 is 0 Å². The van der Waals surface area contributed by atoms with Crippen molar-refractivity contribution in [2.45, 2.75) is 59.0 Å². The van der Waals surface area contributed by atoms with E-state index in [-0.39, 0.29) is 0 Å². The Balaban J connectivity index is 2.00. The van der Waals surface area contributed by atoms with Crippen LogP contribution in [0, 0.1) is 19.8 Å². The lowest BCUT2D eigenvalue weighted by atomic mass is 9.85. The minimum absolute atomic E-state index is 0.440. The SMILES string of the molecule is CCC1CCCC(Oc2cc(C)cc(C)c2)C1. The quantitative estimate of drug-likeness (QED) is 0.737. The van der Waals surface area contributed by atoms with Crippen molar-refractivity contribution in [2.75, 3.05) is 0 Å². The Bertz CT molecular complexity index is 350. The van der Waals surface area contributed by atoms with E-state index in [1.165, 1.54) is 43.2 Å². The molecule has 1 saturated carbocycles. The zero-order chi connectivity index (χ0) is 12.3. The van der Waals surface area contributed by atoms with Gasteiger partial charge < -0.3 is 4.74 Å². The predicted octanol–water partition coefficient (Wildman–Crippen LogP) is 4.65.